The summed E-state index contributed by atoms with van der Waals surface area (Å²) in [7, 11) is -0.730. The topological polar surface area (TPSA) is 93.1 Å². The molecule has 4 rings (SSSR count). The number of nitrogens with zero attached hydrogens (tertiary/aromatic N) is 1. The number of anilines is 1. The molecule has 0 saturated heterocycles. The standard InChI is InChI=1S/C25H25NO6S/c1-31-20-9-6-17(7-10-20)18-4-3-5-22(14-18)33(29,30)26-16-19(8-13-25(27)28)23-15-21(32-2)11-12-24(23)26/h3-7,9-12,14-15,19H,8,13,16H2,1-2H3,(H,27,28). The first-order valence-corrected chi connectivity index (χ1v) is 11.9. The largest absolute Gasteiger partial charge is 0.497 e. The van der Waals surface area contributed by atoms with Crippen molar-refractivity contribution >= 4 is 21.7 Å². The summed E-state index contributed by atoms with van der Waals surface area (Å²) >= 11 is 0. The number of ether oxygens (including phenoxy) is 2. The molecular formula is C25H25NO6S. The maximum atomic E-state index is 13.7. The minimum atomic E-state index is -3.87. The van der Waals surface area contributed by atoms with Crippen molar-refractivity contribution in [3.05, 3.63) is 72.3 Å². The van der Waals surface area contributed by atoms with Crippen LogP contribution >= 0.6 is 0 Å². The van der Waals surface area contributed by atoms with E-state index < -0.39 is 16.0 Å². The van der Waals surface area contributed by atoms with E-state index in [4.69, 9.17) is 14.6 Å². The molecule has 0 aromatic heterocycles. The summed E-state index contributed by atoms with van der Waals surface area (Å²) in [4.78, 5) is 11.3. The van der Waals surface area contributed by atoms with Gasteiger partial charge in [0.15, 0.2) is 0 Å². The van der Waals surface area contributed by atoms with Gasteiger partial charge in [-0.2, -0.15) is 0 Å². The van der Waals surface area contributed by atoms with E-state index in [0.717, 1.165) is 22.4 Å². The van der Waals surface area contributed by atoms with Crippen LogP contribution in [0.2, 0.25) is 0 Å². The molecule has 0 bridgehead atoms. The highest BCUT2D eigenvalue weighted by atomic mass is 32.2. The third-order valence-electron chi connectivity index (χ3n) is 5.88. The Kier molecular flexibility index (Phi) is 6.29. The molecule has 0 spiro atoms. The summed E-state index contributed by atoms with van der Waals surface area (Å²) < 4.78 is 39.2. The normalized spacial score (nSPS) is 15.2. The van der Waals surface area contributed by atoms with E-state index >= 15 is 0 Å². The second-order valence-electron chi connectivity index (χ2n) is 7.85. The SMILES string of the molecule is COc1ccc(-c2cccc(S(=O)(=O)N3CC(CCC(=O)O)c4cc(OC)ccc43)c2)cc1. The van der Waals surface area contributed by atoms with Crippen LogP contribution in [-0.2, 0) is 14.8 Å². The van der Waals surface area contributed by atoms with Crippen LogP contribution in [0.25, 0.3) is 11.1 Å². The first-order valence-electron chi connectivity index (χ1n) is 10.5. The maximum absolute atomic E-state index is 13.7. The number of rotatable bonds is 8. The smallest absolute Gasteiger partial charge is 0.303 e. The van der Waals surface area contributed by atoms with E-state index in [-0.39, 0.29) is 23.8 Å². The van der Waals surface area contributed by atoms with E-state index in [1.165, 1.54) is 4.31 Å². The fraction of sp³-hybridized carbons (Fsp3) is 0.240. The molecule has 1 heterocycles. The highest BCUT2D eigenvalue weighted by molar-refractivity contribution is 7.92. The van der Waals surface area contributed by atoms with Crippen molar-refractivity contribution in [1.82, 2.24) is 0 Å². The molecule has 1 atom stereocenters. The van der Waals surface area contributed by atoms with Gasteiger partial charge in [-0.3, -0.25) is 9.10 Å². The zero-order chi connectivity index (χ0) is 23.6. The number of aliphatic carboxylic acids is 1. The number of carbonyl (C=O) groups is 1. The van der Waals surface area contributed by atoms with E-state index in [9.17, 15) is 13.2 Å². The van der Waals surface area contributed by atoms with E-state index in [0.29, 0.717) is 17.9 Å². The number of fused-ring (bicyclic) bond motifs is 1. The van der Waals surface area contributed by atoms with Gasteiger partial charge in [0.1, 0.15) is 11.5 Å². The van der Waals surface area contributed by atoms with Gasteiger partial charge in [-0.15, -0.1) is 0 Å². The number of carboxylic acid groups (broad SMARTS) is 1. The van der Waals surface area contributed by atoms with Crippen LogP contribution in [0.3, 0.4) is 0 Å². The van der Waals surface area contributed by atoms with E-state index in [2.05, 4.69) is 0 Å². The molecule has 1 aliphatic heterocycles. The molecular weight excluding hydrogens is 442 g/mol. The first kappa shape index (κ1) is 22.7. The first-order chi connectivity index (χ1) is 15.8. The lowest BCUT2D eigenvalue weighted by molar-refractivity contribution is -0.137. The van der Waals surface area contributed by atoms with Gasteiger partial charge in [0, 0.05) is 18.9 Å². The third kappa shape index (κ3) is 4.52. The predicted octanol–water partition coefficient (Wildman–Crippen LogP) is 4.53. The molecule has 33 heavy (non-hydrogen) atoms. The lowest BCUT2D eigenvalue weighted by atomic mass is 9.96. The molecule has 3 aromatic carbocycles. The van der Waals surface area contributed by atoms with Crippen LogP contribution in [0.15, 0.2) is 71.6 Å². The highest BCUT2D eigenvalue weighted by Gasteiger charge is 2.37. The van der Waals surface area contributed by atoms with Crippen LogP contribution < -0.4 is 13.8 Å². The fourth-order valence-electron chi connectivity index (χ4n) is 4.13. The monoisotopic (exact) mass is 467 g/mol. The minimum Gasteiger partial charge on any atom is -0.497 e. The van der Waals surface area contributed by atoms with Crippen molar-refractivity contribution < 1.29 is 27.8 Å². The molecule has 0 saturated carbocycles. The number of carboxylic acids is 1. The van der Waals surface area contributed by atoms with Crippen LogP contribution in [0.1, 0.15) is 24.3 Å². The number of sulfonamides is 1. The second kappa shape index (κ2) is 9.15. The van der Waals surface area contributed by atoms with E-state index in [1.807, 2.05) is 30.3 Å². The fourth-order valence-corrected chi connectivity index (χ4v) is 5.71. The van der Waals surface area contributed by atoms with Gasteiger partial charge in [0.2, 0.25) is 0 Å². The molecule has 8 heteroatoms. The molecule has 0 amide bonds. The van der Waals surface area contributed by atoms with Crippen molar-refractivity contribution in [1.29, 1.82) is 0 Å². The number of hydrogen-bond acceptors (Lipinski definition) is 5. The Labute approximate surface area is 193 Å². The third-order valence-corrected chi connectivity index (χ3v) is 7.66. The molecule has 0 aliphatic carbocycles. The maximum Gasteiger partial charge on any atom is 0.303 e. The van der Waals surface area contributed by atoms with Gasteiger partial charge in [-0.25, -0.2) is 8.42 Å². The Hall–Kier alpha value is -3.52. The Bertz CT molecular complexity index is 1270. The zero-order valence-corrected chi connectivity index (χ0v) is 19.2. The van der Waals surface area contributed by atoms with Crippen LogP contribution in [0, 0.1) is 0 Å². The summed E-state index contributed by atoms with van der Waals surface area (Å²) in [5.74, 6) is 0.188. The van der Waals surface area contributed by atoms with E-state index in [1.54, 1.807) is 50.6 Å². The van der Waals surface area contributed by atoms with Gasteiger partial charge in [-0.1, -0.05) is 24.3 Å². The Morgan fingerprint density at radius 3 is 2.33 bits per heavy atom. The molecule has 3 aromatic rings. The lowest BCUT2D eigenvalue weighted by Gasteiger charge is -2.20. The summed E-state index contributed by atoms with van der Waals surface area (Å²) in [6.07, 6.45) is 0.301. The summed E-state index contributed by atoms with van der Waals surface area (Å²) in [5.41, 5.74) is 2.99. The van der Waals surface area contributed by atoms with Crippen LogP contribution in [-0.4, -0.2) is 40.3 Å². The molecule has 172 valence electrons. The number of methoxy groups -OCH3 is 2. The van der Waals surface area contributed by atoms with Crippen molar-refractivity contribution in [3.8, 4) is 22.6 Å². The second-order valence-corrected chi connectivity index (χ2v) is 9.71. The zero-order valence-electron chi connectivity index (χ0n) is 18.4. The lowest BCUT2D eigenvalue weighted by Crippen LogP contribution is -2.30. The van der Waals surface area contributed by atoms with Gasteiger partial charge >= 0.3 is 5.97 Å². The van der Waals surface area contributed by atoms with Gasteiger partial charge < -0.3 is 14.6 Å². The molecule has 0 fully saturated rings. The van der Waals surface area contributed by atoms with Gasteiger partial charge in [-0.05, 0) is 65.6 Å². The van der Waals surface area contributed by atoms with Crippen molar-refractivity contribution in [3.63, 3.8) is 0 Å². The minimum absolute atomic E-state index is 0.0395. The quantitative estimate of drug-likeness (QED) is 0.523. The molecule has 1 aliphatic rings. The molecule has 0 radical (unpaired) electrons. The average molecular weight is 468 g/mol. The molecule has 1 unspecified atom stereocenters. The Morgan fingerprint density at radius 2 is 1.67 bits per heavy atom. The Morgan fingerprint density at radius 1 is 0.970 bits per heavy atom. The summed E-state index contributed by atoms with van der Waals surface area (Å²) in [5, 5.41) is 9.13. The number of benzene rings is 3. The van der Waals surface area contributed by atoms with Gasteiger partial charge in [0.05, 0.1) is 24.8 Å². The number of hydrogen-bond donors (Lipinski definition) is 1. The van der Waals surface area contributed by atoms with Gasteiger partial charge in [0.25, 0.3) is 10.0 Å². The summed E-state index contributed by atoms with van der Waals surface area (Å²) in [6, 6.07) is 19.5. The average Bonchev–Trinajstić information content (AvgIpc) is 3.21. The predicted molar refractivity (Wildman–Crippen MR) is 126 cm³/mol. The highest BCUT2D eigenvalue weighted by Crippen LogP contribution is 2.43. The van der Waals surface area contributed by atoms with Crippen molar-refractivity contribution in [2.75, 3.05) is 25.1 Å². The van der Waals surface area contributed by atoms with Crippen LogP contribution in [0.5, 0.6) is 11.5 Å². The molecule has 1 N–H and O–H groups in total. The molecule has 7 nitrogen and oxygen atoms in total. The van der Waals surface area contributed by atoms with Crippen molar-refractivity contribution in [2.45, 2.75) is 23.7 Å². The Balaban J connectivity index is 1.70. The summed E-state index contributed by atoms with van der Waals surface area (Å²) in [6.45, 7) is 0.185. The van der Waals surface area contributed by atoms with Crippen molar-refractivity contribution in [2.24, 2.45) is 0 Å². The van der Waals surface area contributed by atoms with Crippen LogP contribution in [0.4, 0.5) is 5.69 Å².